The number of esters is 1. The van der Waals surface area contributed by atoms with Crippen LogP contribution in [-0.2, 0) is 23.9 Å². The first kappa shape index (κ1) is 19.6. The van der Waals surface area contributed by atoms with Crippen LogP contribution in [-0.4, -0.2) is 41.2 Å². The van der Waals surface area contributed by atoms with Gasteiger partial charge in [0, 0.05) is 17.7 Å². The molecule has 5 rings (SSSR count). The Bertz CT molecular complexity index is 1140. The van der Waals surface area contributed by atoms with Gasteiger partial charge in [0.05, 0.1) is 17.1 Å². The summed E-state index contributed by atoms with van der Waals surface area (Å²) < 4.78 is 5.61. The van der Waals surface area contributed by atoms with Crippen molar-refractivity contribution in [1.82, 2.24) is 0 Å². The van der Waals surface area contributed by atoms with Gasteiger partial charge in [-0.2, -0.15) is 0 Å². The molecule has 1 fully saturated rings. The summed E-state index contributed by atoms with van der Waals surface area (Å²) in [5, 5.41) is 2.73. The lowest BCUT2D eigenvalue weighted by Gasteiger charge is -2.33. The minimum atomic E-state index is -1.20. The van der Waals surface area contributed by atoms with Crippen LogP contribution >= 0.6 is 11.8 Å². The molecule has 3 aliphatic rings. The average Bonchev–Trinajstić information content (AvgIpc) is 3.28. The number of anilines is 3. The molecule has 0 aromatic heterocycles. The van der Waals surface area contributed by atoms with Crippen LogP contribution < -0.4 is 15.1 Å². The molecule has 31 heavy (non-hydrogen) atoms. The van der Waals surface area contributed by atoms with Gasteiger partial charge in [0.2, 0.25) is 11.8 Å². The fourth-order valence-electron chi connectivity index (χ4n) is 4.22. The fraction of sp³-hybridized carbons (Fsp3) is 0.273. The highest BCUT2D eigenvalue weighted by molar-refractivity contribution is 8.02. The predicted octanol–water partition coefficient (Wildman–Crippen LogP) is 2.53. The number of nitrogens with one attached hydrogen (secondary N) is 1. The van der Waals surface area contributed by atoms with E-state index in [2.05, 4.69) is 5.32 Å². The number of rotatable bonds is 3. The van der Waals surface area contributed by atoms with Crippen LogP contribution in [0.5, 0.6) is 0 Å². The van der Waals surface area contributed by atoms with Gasteiger partial charge in [0.1, 0.15) is 6.54 Å². The molecule has 2 aromatic carbocycles. The van der Waals surface area contributed by atoms with Crippen molar-refractivity contribution in [2.45, 2.75) is 35.6 Å². The number of amides is 3. The van der Waals surface area contributed by atoms with Crippen LogP contribution in [0.1, 0.15) is 19.8 Å². The lowest BCUT2D eigenvalue weighted by atomic mass is 10.1. The van der Waals surface area contributed by atoms with Gasteiger partial charge < -0.3 is 10.1 Å². The third-order valence-electron chi connectivity index (χ3n) is 5.66. The van der Waals surface area contributed by atoms with E-state index in [0.717, 1.165) is 4.90 Å². The topological polar surface area (TPSA) is 96.0 Å². The normalized spacial score (nSPS) is 22.4. The maximum Gasteiger partial charge on any atom is 0.344 e. The zero-order chi connectivity index (χ0) is 21.8. The Morgan fingerprint density at radius 3 is 2.61 bits per heavy atom. The van der Waals surface area contributed by atoms with E-state index >= 15 is 0 Å². The molecule has 0 radical (unpaired) electrons. The number of benzene rings is 2. The van der Waals surface area contributed by atoms with Crippen molar-refractivity contribution >= 4 is 52.5 Å². The quantitative estimate of drug-likeness (QED) is 0.742. The van der Waals surface area contributed by atoms with Crippen LogP contribution in [0.3, 0.4) is 0 Å². The number of fused-ring (bicyclic) bond motifs is 4. The summed E-state index contributed by atoms with van der Waals surface area (Å²) in [4.78, 5) is 53.4. The SMILES string of the molecule is C[C@@H](OC(=O)[C@]12CCC(=O)N1c1ccccc1S2)C(=O)N1CC(=O)Nc2ccccc21. The van der Waals surface area contributed by atoms with Crippen molar-refractivity contribution in [1.29, 1.82) is 0 Å². The van der Waals surface area contributed by atoms with Gasteiger partial charge in [-0.25, -0.2) is 4.79 Å². The molecular weight excluding hydrogens is 418 g/mol. The van der Waals surface area contributed by atoms with E-state index in [1.165, 1.54) is 28.5 Å². The van der Waals surface area contributed by atoms with E-state index in [4.69, 9.17) is 4.74 Å². The number of thioether (sulfide) groups is 1. The van der Waals surface area contributed by atoms with E-state index < -0.39 is 22.9 Å². The second-order valence-corrected chi connectivity index (χ2v) is 8.94. The fourth-order valence-corrected chi connectivity index (χ4v) is 5.63. The number of carbonyl (C=O) groups is 4. The van der Waals surface area contributed by atoms with Crippen LogP contribution in [0.15, 0.2) is 53.4 Å². The second-order valence-electron chi connectivity index (χ2n) is 7.62. The molecule has 3 aliphatic heterocycles. The summed E-state index contributed by atoms with van der Waals surface area (Å²) in [6, 6.07) is 14.3. The zero-order valence-electron chi connectivity index (χ0n) is 16.7. The third-order valence-corrected chi connectivity index (χ3v) is 7.12. The Labute approximate surface area is 182 Å². The lowest BCUT2D eigenvalue weighted by molar-refractivity contribution is -0.156. The monoisotopic (exact) mass is 437 g/mol. The van der Waals surface area contributed by atoms with Gasteiger partial charge in [0.25, 0.3) is 5.91 Å². The van der Waals surface area contributed by atoms with Crippen LogP contribution in [0, 0.1) is 0 Å². The summed E-state index contributed by atoms with van der Waals surface area (Å²) in [6.45, 7) is 1.33. The van der Waals surface area contributed by atoms with Crippen molar-refractivity contribution in [2.24, 2.45) is 0 Å². The molecule has 8 nitrogen and oxygen atoms in total. The number of carbonyl (C=O) groups excluding carboxylic acids is 4. The first-order chi connectivity index (χ1) is 14.9. The van der Waals surface area contributed by atoms with Crippen LogP contribution in [0.4, 0.5) is 17.1 Å². The minimum Gasteiger partial charge on any atom is -0.450 e. The molecule has 0 bridgehead atoms. The van der Waals surface area contributed by atoms with Gasteiger partial charge in [-0.3, -0.25) is 24.2 Å². The molecule has 0 spiro atoms. The highest BCUT2D eigenvalue weighted by atomic mass is 32.2. The van der Waals surface area contributed by atoms with Crippen molar-refractivity contribution in [3.63, 3.8) is 0 Å². The molecule has 3 heterocycles. The minimum absolute atomic E-state index is 0.144. The number of hydrogen-bond donors (Lipinski definition) is 1. The van der Waals surface area contributed by atoms with E-state index in [0.29, 0.717) is 23.5 Å². The lowest BCUT2D eigenvalue weighted by Crippen LogP contribution is -2.51. The van der Waals surface area contributed by atoms with Gasteiger partial charge >= 0.3 is 5.97 Å². The van der Waals surface area contributed by atoms with Crippen molar-refractivity contribution in [3.8, 4) is 0 Å². The standard InChI is InChI=1S/C22H19N3O5S/c1-13(20(28)24-12-18(26)23-14-6-2-3-7-15(14)24)30-21(29)22-11-10-19(27)25(22)16-8-4-5-9-17(16)31-22/h2-9,13H,10-12H2,1H3,(H,23,26)/t13-,22-/m1/s1. The first-order valence-corrected chi connectivity index (χ1v) is 10.7. The predicted molar refractivity (Wildman–Crippen MR) is 115 cm³/mol. The summed E-state index contributed by atoms with van der Waals surface area (Å²) in [5.74, 6) is -1.59. The van der Waals surface area contributed by atoms with E-state index in [1.807, 2.05) is 18.2 Å². The zero-order valence-corrected chi connectivity index (χ0v) is 17.5. The van der Waals surface area contributed by atoms with Gasteiger partial charge in [0.15, 0.2) is 11.0 Å². The van der Waals surface area contributed by atoms with Crippen molar-refractivity contribution in [2.75, 3.05) is 21.7 Å². The number of ether oxygens (including phenoxy) is 1. The molecule has 1 saturated heterocycles. The second kappa shape index (κ2) is 7.12. The Morgan fingerprint density at radius 2 is 1.81 bits per heavy atom. The molecular formula is C22H19N3O5S. The number of hydrogen-bond acceptors (Lipinski definition) is 6. The van der Waals surface area contributed by atoms with E-state index in [9.17, 15) is 19.2 Å². The smallest absolute Gasteiger partial charge is 0.344 e. The third kappa shape index (κ3) is 2.99. The van der Waals surface area contributed by atoms with Crippen LogP contribution in [0.25, 0.3) is 0 Å². The highest BCUT2D eigenvalue weighted by Crippen LogP contribution is 2.56. The molecule has 2 aromatic rings. The van der Waals surface area contributed by atoms with E-state index in [-0.39, 0.29) is 24.8 Å². The highest BCUT2D eigenvalue weighted by Gasteiger charge is 2.59. The Hall–Kier alpha value is -3.33. The summed E-state index contributed by atoms with van der Waals surface area (Å²) >= 11 is 1.29. The maximum absolute atomic E-state index is 13.3. The largest absolute Gasteiger partial charge is 0.450 e. The molecule has 1 N–H and O–H groups in total. The van der Waals surface area contributed by atoms with E-state index in [1.54, 1.807) is 30.3 Å². The van der Waals surface area contributed by atoms with Gasteiger partial charge in [-0.05, 0) is 31.2 Å². The molecule has 3 amide bonds. The molecule has 2 atom stereocenters. The summed E-state index contributed by atoms with van der Waals surface area (Å²) in [6.07, 6.45) is -0.583. The maximum atomic E-state index is 13.3. The summed E-state index contributed by atoms with van der Waals surface area (Å²) in [7, 11) is 0. The van der Waals surface area contributed by atoms with Crippen molar-refractivity contribution < 1.29 is 23.9 Å². The number of nitrogens with zero attached hydrogens (tertiary/aromatic N) is 2. The Kier molecular flexibility index (Phi) is 4.51. The first-order valence-electron chi connectivity index (χ1n) is 9.93. The average molecular weight is 437 g/mol. The Balaban J connectivity index is 1.38. The molecule has 9 heteroatoms. The van der Waals surface area contributed by atoms with Gasteiger partial charge in [-0.1, -0.05) is 36.0 Å². The molecule has 158 valence electrons. The number of para-hydroxylation sites is 3. The molecule has 0 saturated carbocycles. The van der Waals surface area contributed by atoms with Crippen LogP contribution in [0.2, 0.25) is 0 Å². The van der Waals surface area contributed by atoms with Gasteiger partial charge in [-0.15, -0.1) is 0 Å². The Morgan fingerprint density at radius 1 is 1.10 bits per heavy atom. The molecule has 0 unspecified atom stereocenters. The molecule has 0 aliphatic carbocycles. The van der Waals surface area contributed by atoms with Crippen molar-refractivity contribution in [3.05, 3.63) is 48.5 Å². The summed E-state index contributed by atoms with van der Waals surface area (Å²) in [5.41, 5.74) is 1.76.